The minimum atomic E-state index is -1.63. The molecule has 3 saturated carbocycles. The highest BCUT2D eigenvalue weighted by atomic mass is 16.7. The first-order chi connectivity index (χ1) is 24.1. The number of rotatable bonds is 10. The number of aliphatic hydroxyl groups is 6. The van der Waals surface area contributed by atoms with Crippen LogP contribution < -0.4 is 0 Å². The molecule has 0 aromatic carbocycles. The quantitative estimate of drug-likeness (QED) is 0.179. The van der Waals surface area contributed by atoms with E-state index in [-0.39, 0.29) is 11.5 Å². The fraction of sp³-hybridized carbons (Fsp3) is 0.854. The Bertz CT molecular complexity index is 1280. The van der Waals surface area contributed by atoms with Crippen LogP contribution in [-0.4, -0.2) is 105 Å². The van der Waals surface area contributed by atoms with E-state index in [2.05, 4.69) is 59.4 Å². The Morgan fingerprint density at radius 1 is 0.922 bits per heavy atom. The number of ether oxygens (including phenoxy) is 4. The third-order valence-electron chi connectivity index (χ3n) is 14.7. The highest BCUT2D eigenvalue weighted by Gasteiger charge is 2.59. The van der Waals surface area contributed by atoms with Gasteiger partial charge < -0.3 is 49.6 Å². The van der Waals surface area contributed by atoms with Gasteiger partial charge in [-0.1, -0.05) is 63.6 Å². The van der Waals surface area contributed by atoms with Crippen molar-refractivity contribution in [2.75, 3.05) is 6.61 Å². The molecule has 2 aliphatic heterocycles. The second kappa shape index (κ2) is 15.5. The lowest BCUT2D eigenvalue weighted by molar-refractivity contribution is -0.359. The average molecular weight is 719 g/mol. The standard InChI is InChI=1S/C41H66O10/c1-8-24(21(2)3)10-9-22(4)28-13-14-29-27-12-11-25-19-26(15-17-40(25,6)30(27)16-18-41(28,29)7)49-38-36(47)34(45)37(23(5)48-38)51-39-35(46)33(44)32(43)31(20-42)50-39/h9-11,22-24,26-39,42-47H,2,8,12-20H2,1,3-7H3. The maximum Gasteiger partial charge on any atom is 0.187 e. The molecule has 2 saturated heterocycles. The molecule has 6 rings (SSSR count). The molecule has 6 aliphatic rings. The smallest absolute Gasteiger partial charge is 0.187 e. The van der Waals surface area contributed by atoms with Crippen molar-refractivity contribution >= 4 is 0 Å². The van der Waals surface area contributed by atoms with Crippen LogP contribution >= 0.6 is 0 Å². The van der Waals surface area contributed by atoms with Crippen LogP contribution in [0.3, 0.4) is 0 Å². The zero-order valence-corrected chi connectivity index (χ0v) is 31.6. The van der Waals surface area contributed by atoms with E-state index in [0.29, 0.717) is 35.0 Å². The predicted molar refractivity (Wildman–Crippen MR) is 192 cm³/mol. The molecule has 290 valence electrons. The van der Waals surface area contributed by atoms with Gasteiger partial charge in [-0.25, -0.2) is 0 Å². The van der Waals surface area contributed by atoms with Gasteiger partial charge in [-0.15, -0.1) is 0 Å². The van der Waals surface area contributed by atoms with Crippen LogP contribution in [0.5, 0.6) is 0 Å². The Morgan fingerprint density at radius 3 is 2.31 bits per heavy atom. The predicted octanol–water partition coefficient (Wildman–Crippen LogP) is 4.40. The van der Waals surface area contributed by atoms with E-state index in [4.69, 9.17) is 18.9 Å². The van der Waals surface area contributed by atoms with Gasteiger partial charge in [0.1, 0.15) is 42.7 Å². The van der Waals surface area contributed by atoms with Crippen molar-refractivity contribution in [2.45, 2.75) is 167 Å². The zero-order chi connectivity index (χ0) is 37.0. The van der Waals surface area contributed by atoms with E-state index in [9.17, 15) is 30.6 Å². The first-order valence-electron chi connectivity index (χ1n) is 19.8. The Labute approximate surface area is 304 Å². The van der Waals surface area contributed by atoms with Crippen molar-refractivity contribution in [3.05, 3.63) is 36.0 Å². The molecule has 0 radical (unpaired) electrons. The lowest BCUT2D eigenvalue weighted by Crippen LogP contribution is -2.64. The molecular formula is C41H66O10. The summed E-state index contributed by atoms with van der Waals surface area (Å²) in [6, 6.07) is 0. The summed E-state index contributed by atoms with van der Waals surface area (Å²) < 4.78 is 23.7. The fourth-order valence-corrected chi connectivity index (χ4v) is 11.6. The van der Waals surface area contributed by atoms with E-state index in [0.717, 1.165) is 38.0 Å². The van der Waals surface area contributed by atoms with Crippen molar-refractivity contribution in [3.63, 3.8) is 0 Å². The van der Waals surface area contributed by atoms with Gasteiger partial charge in [-0.2, -0.15) is 0 Å². The van der Waals surface area contributed by atoms with Gasteiger partial charge in [0.15, 0.2) is 12.6 Å². The summed E-state index contributed by atoms with van der Waals surface area (Å²) >= 11 is 0. The van der Waals surface area contributed by atoms with Crippen LogP contribution in [0.25, 0.3) is 0 Å². The highest BCUT2D eigenvalue weighted by Crippen LogP contribution is 2.67. The molecule has 2 heterocycles. The number of allylic oxidation sites excluding steroid dienone is 4. The van der Waals surface area contributed by atoms with E-state index < -0.39 is 68.0 Å². The molecule has 0 aromatic heterocycles. The normalized spacial score (nSPS) is 49.8. The Morgan fingerprint density at radius 2 is 1.63 bits per heavy atom. The highest BCUT2D eigenvalue weighted by molar-refractivity contribution is 5.26. The molecule has 0 spiro atoms. The third-order valence-corrected chi connectivity index (χ3v) is 14.7. The molecule has 0 aromatic rings. The van der Waals surface area contributed by atoms with Crippen LogP contribution in [0.4, 0.5) is 0 Å². The first kappa shape index (κ1) is 39.5. The summed E-state index contributed by atoms with van der Waals surface area (Å²) in [5.41, 5.74) is 3.21. The number of fused-ring (bicyclic) bond motifs is 5. The van der Waals surface area contributed by atoms with Crippen molar-refractivity contribution in [3.8, 4) is 0 Å². The number of hydrogen-bond acceptors (Lipinski definition) is 10. The molecule has 0 amide bonds. The summed E-state index contributed by atoms with van der Waals surface area (Å²) in [5, 5.41) is 62.4. The molecular weight excluding hydrogens is 652 g/mol. The number of hydrogen-bond donors (Lipinski definition) is 6. The van der Waals surface area contributed by atoms with E-state index in [1.54, 1.807) is 6.92 Å². The first-order valence-corrected chi connectivity index (χ1v) is 19.8. The Hall–Kier alpha value is -1.18. The van der Waals surface area contributed by atoms with Crippen molar-refractivity contribution in [1.29, 1.82) is 0 Å². The topological polar surface area (TPSA) is 158 Å². The molecule has 19 unspecified atom stereocenters. The summed E-state index contributed by atoms with van der Waals surface area (Å²) in [6.45, 7) is 17.2. The second-order valence-corrected chi connectivity index (χ2v) is 17.6. The summed E-state index contributed by atoms with van der Waals surface area (Å²) in [5.74, 6) is 3.85. The molecule has 6 N–H and O–H groups in total. The fourth-order valence-electron chi connectivity index (χ4n) is 11.6. The Kier molecular flexibility index (Phi) is 12.0. The minimum Gasteiger partial charge on any atom is -0.394 e. The van der Waals surface area contributed by atoms with Crippen LogP contribution in [0.1, 0.15) is 99.3 Å². The van der Waals surface area contributed by atoms with Crippen LogP contribution in [0, 0.1) is 46.3 Å². The molecule has 19 atom stereocenters. The van der Waals surface area contributed by atoms with Crippen LogP contribution in [0.2, 0.25) is 0 Å². The third kappa shape index (κ3) is 7.21. The average Bonchev–Trinajstić information content (AvgIpc) is 3.46. The van der Waals surface area contributed by atoms with Gasteiger partial charge in [0, 0.05) is 0 Å². The van der Waals surface area contributed by atoms with Crippen LogP contribution in [0.15, 0.2) is 36.0 Å². The summed E-state index contributed by atoms with van der Waals surface area (Å²) in [7, 11) is 0. The summed E-state index contributed by atoms with van der Waals surface area (Å²) in [6.07, 6.45) is 4.09. The SMILES string of the molecule is C=C(C)C(C=CC(C)C1CCC2C3CC=C4CC(OC5OC(C)C(OC6OC(CO)C(O)C(O)C6O)C(O)C5O)CCC4(C)C3CCC12C)CC. The van der Waals surface area contributed by atoms with E-state index in [1.807, 2.05) is 0 Å². The van der Waals surface area contributed by atoms with Crippen LogP contribution in [-0.2, 0) is 18.9 Å². The molecule has 0 bridgehead atoms. The lowest BCUT2D eigenvalue weighted by Gasteiger charge is -2.58. The molecule has 5 fully saturated rings. The minimum absolute atomic E-state index is 0.132. The van der Waals surface area contributed by atoms with E-state index >= 15 is 0 Å². The number of aliphatic hydroxyl groups excluding tert-OH is 6. The largest absolute Gasteiger partial charge is 0.394 e. The van der Waals surface area contributed by atoms with Gasteiger partial charge in [-0.05, 0) is 118 Å². The maximum absolute atomic E-state index is 11.1. The van der Waals surface area contributed by atoms with Gasteiger partial charge in [0.05, 0.1) is 18.8 Å². The Balaban J connectivity index is 1.07. The monoisotopic (exact) mass is 718 g/mol. The van der Waals surface area contributed by atoms with Crippen molar-refractivity contribution in [1.82, 2.24) is 0 Å². The van der Waals surface area contributed by atoms with Crippen molar-refractivity contribution < 1.29 is 49.6 Å². The van der Waals surface area contributed by atoms with Gasteiger partial charge in [0.25, 0.3) is 0 Å². The molecule has 4 aliphatic carbocycles. The van der Waals surface area contributed by atoms with Gasteiger partial charge in [-0.3, -0.25) is 0 Å². The second-order valence-electron chi connectivity index (χ2n) is 17.6. The molecule has 10 nitrogen and oxygen atoms in total. The molecule has 10 heteroatoms. The maximum atomic E-state index is 11.1. The lowest BCUT2D eigenvalue weighted by atomic mass is 9.47. The van der Waals surface area contributed by atoms with Gasteiger partial charge >= 0.3 is 0 Å². The summed E-state index contributed by atoms with van der Waals surface area (Å²) in [4.78, 5) is 0. The van der Waals surface area contributed by atoms with Crippen molar-refractivity contribution in [2.24, 2.45) is 46.3 Å². The molecule has 51 heavy (non-hydrogen) atoms. The van der Waals surface area contributed by atoms with Gasteiger partial charge in [0.2, 0.25) is 0 Å². The zero-order valence-electron chi connectivity index (χ0n) is 31.6. The van der Waals surface area contributed by atoms with E-state index in [1.165, 1.54) is 36.8 Å².